The molecule has 2 atom stereocenters. The van der Waals surface area contributed by atoms with Gasteiger partial charge in [-0.25, -0.2) is 9.34 Å². The summed E-state index contributed by atoms with van der Waals surface area (Å²) >= 11 is 0. The summed E-state index contributed by atoms with van der Waals surface area (Å²) in [4.78, 5) is 0. The van der Waals surface area contributed by atoms with Gasteiger partial charge in [0.2, 0.25) is 0 Å². The molecule has 7 heteroatoms. The van der Waals surface area contributed by atoms with Gasteiger partial charge in [0.15, 0.2) is 0 Å². The normalized spacial score (nSPS) is 22.9. The van der Waals surface area contributed by atoms with Gasteiger partial charge in [-0.2, -0.15) is 5.06 Å². The van der Waals surface area contributed by atoms with E-state index in [1.165, 1.54) is 17.9 Å². The molecule has 1 aliphatic heterocycles. The van der Waals surface area contributed by atoms with E-state index in [4.69, 9.17) is 4.52 Å². The first-order chi connectivity index (χ1) is 9.40. The predicted molar refractivity (Wildman–Crippen MR) is 80.9 cm³/mol. The third kappa shape index (κ3) is 5.10. The van der Waals surface area contributed by atoms with E-state index in [-0.39, 0.29) is 6.10 Å². The van der Waals surface area contributed by atoms with Crippen molar-refractivity contribution in [3.05, 3.63) is 0 Å². The number of hydrogen-bond donors (Lipinski definition) is 1. The second-order valence-electron chi connectivity index (χ2n) is 5.66. The van der Waals surface area contributed by atoms with Gasteiger partial charge in [0.05, 0.1) is 6.10 Å². The molecule has 0 aromatic heterocycles. The van der Waals surface area contributed by atoms with Crippen LogP contribution in [0.3, 0.4) is 0 Å². The van der Waals surface area contributed by atoms with Crippen LogP contribution < -0.4 is 0 Å². The molecule has 1 N–H and O–H groups in total. The second-order valence-corrected chi connectivity index (χ2v) is 8.21. The fourth-order valence-electron chi connectivity index (χ4n) is 2.32. The Hall–Kier alpha value is 0.0300. The average molecular weight is 307 g/mol. The second kappa shape index (κ2) is 8.47. The number of unbranched alkanes of at least 4 members (excludes halogenated alkanes) is 2. The maximum atomic E-state index is 13.1. The Morgan fingerprint density at radius 2 is 1.85 bits per heavy atom. The fourth-order valence-corrected chi connectivity index (χ4v) is 4.41. The molecule has 1 heterocycles. The van der Waals surface area contributed by atoms with Gasteiger partial charge in [-0.3, -0.25) is 4.57 Å². The first-order valence-corrected chi connectivity index (χ1v) is 9.08. The van der Waals surface area contributed by atoms with Gasteiger partial charge >= 0.3 is 7.67 Å². The highest BCUT2D eigenvalue weighted by atomic mass is 31.2. The lowest BCUT2D eigenvalue weighted by molar-refractivity contribution is -0.110. The van der Waals surface area contributed by atoms with Crippen LogP contribution in [0.5, 0.6) is 0 Å². The van der Waals surface area contributed by atoms with Crippen molar-refractivity contribution >= 4 is 7.67 Å². The topological polar surface area (TPSA) is 56.2 Å². The zero-order valence-electron chi connectivity index (χ0n) is 13.3. The molecule has 0 saturated carbocycles. The van der Waals surface area contributed by atoms with Crippen molar-refractivity contribution in [1.82, 2.24) is 14.4 Å². The minimum Gasteiger partial charge on any atom is -0.314 e. The maximum absolute atomic E-state index is 13.1. The van der Waals surface area contributed by atoms with E-state index >= 15 is 0 Å². The minimum atomic E-state index is -2.97. The smallest absolute Gasteiger partial charge is 0.314 e. The summed E-state index contributed by atoms with van der Waals surface area (Å²) < 4.78 is 22.6. The molecule has 120 valence electrons. The molecule has 0 aromatic carbocycles. The quantitative estimate of drug-likeness (QED) is 0.549. The van der Waals surface area contributed by atoms with Gasteiger partial charge in [-0.05, 0) is 27.4 Å². The molecule has 0 aliphatic carbocycles. The van der Waals surface area contributed by atoms with E-state index in [0.29, 0.717) is 26.2 Å². The van der Waals surface area contributed by atoms with E-state index < -0.39 is 7.67 Å². The first-order valence-electron chi connectivity index (χ1n) is 7.55. The molecule has 0 radical (unpaired) electrons. The Kier molecular flexibility index (Phi) is 7.65. The Morgan fingerprint density at radius 1 is 1.25 bits per heavy atom. The maximum Gasteiger partial charge on any atom is 0.345 e. The van der Waals surface area contributed by atoms with E-state index in [2.05, 4.69) is 6.92 Å². The largest absolute Gasteiger partial charge is 0.345 e. The molecule has 20 heavy (non-hydrogen) atoms. The van der Waals surface area contributed by atoms with Crippen LogP contribution in [0.25, 0.3) is 0 Å². The molecule has 1 aliphatic rings. The molecular weight excluding hydrogens is 277 g/mol. The monoisotopic (exact) mass is 307 g/mol. The molecule has 2 unspecified atom stereocenters. The standard InChI is InChI=1S/C13H30N3O3P/c1-5-6-7-8-13(2)19-20(18,14(3)4)16-11-9-15(17)10-12-16/h13,17H,5-12H2,1-4H3. The number of hydroxylamine groups is 2. The molecule has 0 bridgehead atoms. The van der Waals surface area contributed by atoms with Crippen molar-refractivity contribution in [3.63, 3.8) is 0 Å². The summed E-state index contributed by atoms with van der Waals surface area (Å²) in [5.41, 5.74) is 0. The van der Waals surface area contributed by atoms with Crippen LogP contribution in [0.15, 0.2) is 0 Å². The minimum absolute atomic E-state index is 0.0121. The number of rotatable bonds is 8. The predicted octanol–water partition coefficient (Wildman–Crippen LogP) is 2.65. The van der Waals surface area contributed by atoms with Gasteiger partial charge in [0, 0.05) is 26.2 Å². The third-order valence-corrected chi connectivity index (χ3v) is 6.39. The van der Waals surface area contributed by atoms with Crippen LogP contribution in [0.4, 0.5) is 0 Å². The third-order valence-electron chi connectivity index (χ3n) is 3.63. The summed E-state index contributed by atoms with van der Waals surface area (Å²) in [7, 11) is 0.624. The van der Waals surface area contributed by atoms with Gasteiger partial charge in [0.1, 0.15) is 0 Å². The van der Waals surface area contributed by atoms with Gasteiger partial charge in [-0.15, -0.1) is 0 Å². The highest BCUT2D eigenvalue weighted by Crippen LogP contribution is 2.54. The van der Waals surface area contributed by atoms with Crippen LogP contribution in [0.1, 0.15) is 39.5 Å². The van der Waals surface area contributed by atoms with Crippen molar-refractivity contribution in [2.45, 2.75) is 45.6 Å². The highest BCUT2D eigenvalue weighted by Gasteiger charge is 2.37. The summed E-state index contributed by atoms with van der Waals surface area (Å²) in [6.45, 7) is 6.30. The Morgan fingerprint density at radius 3 is 2.35 bits per heavy atom. The Labute approximate surface area is 123 Å². The molecule has 1 fully saturated rings. The molecule has 0 amide bonds. The van der Waals surface area contributed by atoms with Crippen molar-refractivity contribution in [3.8, 4) is 0 Å². The van der Waals surface area contributed by atoms with Crippen LogP contribution in [-0.2, 0) is 9.09 Å². The van der Waals surface area contributed by atoms with Crippen LogP contribution in [0.2, 0.25) is 0 Å². The SMILES string of the molecule is CCCCCC(C)OP(=O)(N(C)C)N1CCN(O)CC1. The lowest BCUT2D eigenvalue weighted by Crippen LogP contribution is -2.45. The van der Waals surface area contributed by atoms with Gasteiger partial charge in [0.25, 0.3) is 0 Å². The van der Waals surface area contributed by atoms with Crippen molar-refractivity contribution in [1.29, 1.82) is 0 Å². The molecule has 1 rings (SSSR count). The zero-order valence-corrected chi connectivity index (χ0v) is 14.2. The average Bonchev–Trinajstić information content (AvgIpc) is 2.39. The lowest BCUT2D eigenvalue weighted by atomic mass is 10.1. The Balaban J connectivity index is 2.59. The van der Waals surface area contributed by atoms with Crippen molar-refractivity contribution in [2.24, 2.45) is 0 Å². The summed E-state index contributed by atoms with van der Waals surface area (Å²) in [6, 6.07) is 0. The van der Waals surface area contributed by atoms with E-state index in [1.807, 2.05) is 11.6 Å². The molecule has 0 spiro atoms. The van der Waals surface area contributed by atoms with Gasteiger partial charge < -0.3 is 9.73 Å². The number of piperazine rings is 1. The van der Waals surface area contributed by atoms with E-state index in [0.717, 1.165) is 12.8 Å². The number of nitrogens with zero attached hydrogens (tertiary/aromatic N) is 3. The highest BCUT2D eigenvalue weighted by molar-refractivity contribution is 7.53. The molecule has 1 saturated heterocycles. The fraction of sp³-hybridized carbons (Fsp3) is 1.00. The van der Waals surface area contributed by atoms with Crippen molar-refractivity contribution < 1.29 is 14.3 Å². The van der Waals surface area contributed by atoms with E-state index in [1.54, 1.807) is 18.8 Å². The molecule has 0 aromatic rings. The summed E-state index contributed by atoms with van der Waals surface area (Å²) in [5.74, 6) is 0. The summed E-state index contributed by atoms with van der Waals surface area (Å²) in [6.07, 6.45) is 4.39. The molecule has 6 nitrogen and oxygen atoms in total. The zero-order chi connectivity index (χ0) is 15.2. The van der Waals surface area contributed by atoms with E-state index in [9.17, 15) is 9.77 Å². The van der Waals surface area contributed by atoms with Crippen molar-refractivity contribution in [2.75, 3.05) is 40.3 Å². The van der Waals surface area contributed by atoms with Crippen LogP contribution >= 0.6 is 7.67 Å². The van der Waals surface area contributed by atoms with Gasteiger partial charge in [-0.1, -0.05) is 26.2 Å². The first kappa shape index (κ1) is 18.1. The summed E-state index contributed by atoms with van der Waals surface area (Å²) in [5, 5.41) is 10.7. The molecular formula is C13H30N3O3P. The number of hydrogen-bond acceptors (Lipinski definition) is 4. The van der Waals surface area contributed by atoms with Crippen LogP contribution in [-0.4, -0.2) is 66.0 Å². The lowest BCUT2D eigenvalue weighted by Gasteiger charge is -2.39. The Bertz CT molecular complexity index is 320. The van der Waals surface area contributed by atoms with Crippen LogP contribution in [0, 0.1) is 0 Å².